The zero-order chi connectivity index (χ0) is 9.90. The molecule has 0 aliphatic heterocycles. The average molecular weight is 237 g/mol. The van der Waals surface area contributed by atoms with Crippen LogP contribution in [0.4, 0.5) is 0 Å². The first-order chi connectivity index (χ1) is 6.04. The molecule has 1 aromatic rings. The number of hydrogen-bond acceptors (Lipinski definition) is 3. The Morgan fingerprint density at radius 1 is 1.31 bits per heavy atom. The van der Waals surface area contributed by atoms with Crippen LogP contribution in [0.25, 0.3) is 0 Å². The lowest BCUT2D eigenvalue weighted by molar-refractivity contribution is 0.609. The van der Waals surface area contributed by atoms with Gasteiger partial charge in [0.05, 0.1) is 4.90 Å². The van der Waals surface area contributed by atoms with Crippen LogP contribution in [-0.2, 0) is 9.05 Å². The Labute approximate surface area is 86.7 Å². The predicted octanol–water partition coefficient (Wildman–Crippen LogP) is 2.73. The molecule has 0 heterocycles. The first-order valence-electron chi connectivity index (χ1n) is 3.71. The zero-order valence-corrected chi connectivity index (χ0v) is 9.42. The lowest BCUT2D eigenvalue weighted by Gasteiger charge is -1.99. The van der Waals surface area contributed by atoms with Crippen molar-refractivity contribution in [3.63, 3.8) is 0 Å². The molecule has 0 N–H and O–H groups in total. The SMILES string of the molecule is CCSc1ccc(S(=O)(=O)Cl)cc1. The van der Waals surface area contributed by atoms with E-state index in [-0.39, 0.29) is 4.90 Å². The van der Waals surface area contributed by atoms with Gasteiger partial charge in [0.15, 0.2) is 0 Å². The molecule has 0 aliphatic carbocycles. The van der Waals surface area contributed by atoms with Crippen LogP contribution in [0.5, 0.6) is 0 Å². The van der Waals surface area contributed by atoms with Gasteiger partial charge in [-0.2, -0.15) is 0 Å². The number of benzene rings is 1. The van der Waals surface area contributed by atoms with Crippen LogP contribution in [0.1, 0.15) is 6.92 Å². The predicted molar refractivity (Wildman–Crippen MR) is 55.9 cm³/mol. The van der Waals surface area contributed by atoms with E-state index >= 15 is 0 Å². The van der Waals surface area contributed by atoms with E-state index in [1.807, 2.05) is 6.92 Å². The Balaban J connectivity index is 2.94. The lowest BCUT2D eigenvalue weighted by atomic mass is 10.4. The fourth-order valence-electron chi connectivity index (χ4n) is 0.865. The van der Waals surface area contributed by atoms with Gasteiger partial charge in [-0.1, -0.05) is 6.92 Å². The number of halogens is 1. The molecular formula is C8H9ClO2S2. The van der Waals surface area contributed by atoms with E-state index < -0.39 is 9.05 Å². The minimum absolute atomic E-state index is 0.148. The summed E-state index contributed by atoms with van der Waals surface area (Å²) < 4.78 is 21.7. The van der Waals surface area contributed by atoms with Crippen molar-refractivity contribution in [1.82, 2.24) is 0 Å². The molecule has 0 spiro atoms. The molecule has 0 bridgehead atoms. The monoisotopic (exact) mass is 236 g/mol. The van der Waals surface area contributed by atoms with Crippen molar-refractivity contribution >= 4 is 31.5 Å². The molecule has 0 amide bonds. The summed E-state index contributed by atoms with van der Waals surface area (Å²) in [5.41, 5.74) is 0. The second-order valence-electron chi connectivity index (χ2n) is 2.34. The minimum atomic E-state index is -3.57. The number of thioether (sulfide) groups is 1. The number of hydrogen-bond donors (Lipinski definition) is 0. The molecule has 0 aromatic heterocycles. The van der Waals surface area contributed by atoms with Crippen molar-refractivity contribution in [2.45, 2.75) is 16.7 Å². The maximum atomic E-state index is 10.9. The highest BCUT2D eigenvalue weighted by Crippen LogP contribution is 2.21. The third-order valence-electron chi connectivity index (χ3n) is 1.42. The van der Waals surface area contributed by atoms with Gasteiger partial charge in [0.25, 0.3) is 9.05 Å². The zero-order valence-electron chi connectivity index (χ0n) is 7.03. The molecule has 13 heavy (non-hydrogen) atoms. The Bertz CT molecular complexity index is 370. The second-order valence-corrected chi connectivity index (χ2v) is 6.25. The van der Waals surface area contributed by atoms with Gasteiger partial charge in [-0.15, -0.1) is 11.8 Å². The highest BCUT2D eigenvalue weighted by Gasteiger charge is 2.08. The van der Waals surface area contributed by atoms with Gasteiger partial charge in [0.1, 0.15) is 0 Å². The van der Waals surface area contributed by atoms with E-state index in [9.17, 15) is 8.42 Å². The van der Waals surface area contributed by atoms with Crippen molar-refractivity contribution < 1.29 is 8.42 Å². The first-order valence-corrected chi connectivity index (χ1v) is 7.01. The van der Waals surface area contributed by atoms with Crippen molar-refractivity contribution in [2.75, 3.05) is 5.75 Å². The normalized spacial score (nSPS) is 11.5. The Morgan fingerprint density at radius 3 is 2.23 bits per heavy atom. The molecule has 0 saturated carbocycles. The topological polar surface area (TPSA) is 34.1 Å². The van der Waals surface area contributed by atoms with Crippen molar-refractivity contribution in [3.05, 3.63) is 24.3 Å². The van der Waals surface area contributed by atoms with Crippen LogP contribution in [-0.4, -0.2) is 14.2 Å². The van der Waals surface area contributed by atoms with E-state index in [1.54, 1.807) is 23.9 Å². The maximum Gasteiger partial charge on any atom is 0.261 e. The molecule has 0 fully saturated rings. The molecule has 0 atom stereocenters. The average Bonchev–Trinajstić information content (AvgIpc) is 2.04. The molecular weight excluding hydrogens is 228 g/mol. The van der Waals surface area contributed by atoms with Gasteiger partial charge in [-0.05, 0) is 30.0 Å². The second kappa shape index (κ2) is 4.35. The lowest BCUT2D eigenvalue weighted by Crippen LogP contribution is -1.89. The minimum Gasteiger partial charge on any atom is -0.207 e. The summed E-state index contributed by atoms with van der Waals surface area (Å²) in [7, 11) is 1.58. The molecule has 72 valence electrons. The van der Waals surface area contributed by atoms with Crippen molar-refractivity contribution in [1.29, 1.82) is 0 Å². The number of rotatable bonds is 3. The van der Waals surface area contributed by atoms with Crippen molar-refractivity contribution in [2.24, 2.45) is 0 Å². The van der Waals surface area contributed by atoms with Gasteiger partial charge in [0, 0.05) is 15.6 Å². The van der Waals surface area contributed by atoms with Crippen LogP contribution in [0.2, 0.25) is 0 Å². The van der Waals surface area contributed by atoms with E-state index in [0.29, 0.717) is 0 Å². The largest absolute Gasteiger partial charge is 0.261 e. The summed E-state index contributed by atoms with van der Waals surface area (Å²) in [6, 6.07) is 6.54. The van der Waals surface area contributed by atoms with Gasteiger partial charge < -0.3 is 0 Å². The van der Waals surface area contributed by atoms with E-state index in [4.69, 9.17) is 10.7 Å². The molecule has 1 rings (SSSR count). The van der Waals surface area contributed by atoms with Gasteiger partial charge in [-0.3, -0.25) is 0 Å². The molecule has 2 nitrogen and oxygen atoms in total. The Hall–Kier alpha value is -0.190. The van der Waals surface area contributed by atoms with Crippen LogP contribution in [0.15, 0.2) is 34.1 Å². The van der Waals surface area contributed by atoms with Crippen LogP contribution >= 0.6 is 22.4 Å². The van der Waals surface area contributed by atoms with Crippen LogP contribution < -0.4 is 0 Å². The summed E-state index contributed by atoms with van der Waals surface area (Å²) in [6.45, 7) is 2.04. The molecule has 0 saturated heterocycles. The fourth-order valence-corrected chi connectivity index (χ4v) is 2.30. The van der Waals surface area contributed by atoms with Crippen LogP contribution in [0, 0.1) is 0 Å². The maximum absolute atomic E-state index is 10.9. The highest BCUT2D eigenvalue weighted by molar-refractivity contribution is 8.13. The third-order valence-corrected chi connectivity index (χ3v) is 3.68. The Morgan fingerprint density at radius 2 is 1.85 bits per heavy atom. The van der Waals surface area contributed by atoms with Crippen LogP contribution in [0.3, 0.4) is 0 Å². The summed E-state index contributed by atoms with van der Waals surface area (Å²) in [5.74, 6) is 0.965. The molecule has 5 heteroatoms. The van der Waals surface area contributed by atoms with Gasteiger partial charge >= 0.3 is 0 Å². The Kier molecular flexibility index (Phi) is 3.64. The van der Waals surface area contributed by atoms with E-state index in [0.717, 1.165) is 10.6 Å². The summed E-state index contributed by atoms with van der Waals surface area (Å²) >= 11 is 1.66. The van der Waals surface area contributed by atoms with E-state index in [2.05, 4.69) is 0 Å². The smallest absolute Gasteiger partial charge is 0.207 e. The fraction of sp³-hybridized carbons (Fsp3) is 0.250. The molecule has 0 aliphatic rings. The summed E-state index contributed by atoms with van der Waals surface area (Å²) in [5, 5.41) is 0. The quantitative estimate of drug-likeness (QED) is 0.598. The summed E-state index contributed by atoms with van der Waals surface area (Å²) in [6.07, 6.45) is 0. The van der Waals surface area contributed by atoms with E-state index in [1.165, 1.54) is 12.1 Å². The molecule has 0 unspecified atom stereocenters. The molecule has 0 radical (unpaired) electrons. The van der Waals surface area contributed by atoms with Gasteiger partial charge in [0.2, 0.25) is 0 Å². The van der Waals surface area contributed by atoms with Crippen molar-refractivity contribution in [3.8, 4) is 0 Å². The van der Waals surface area contributed by atoms with Gasteiger partial charge in [-0.25, -0.2) is 8.42 Å². The third kappa shape index (κ3) is 3.21. The standard InChI is InChI=1S/C8H9ClO2S2/c1-2-12-7-3-5-8(6-4-7)13(9,10)11/h3-6H,2H2,1H3. The summed E-state index contributed by atoms with van der Waals surface area (Å²) in [4.78, 5) is 1.20. The highest BCUT2D eigenvalue weighted by atomic mass is 35.7. The first kappa shape index (κ1) is 10.9. The molecule has 1 aromatic carbocycles.